The van der Waals surface area contributed by atoms with Crippen molar-refractivity contribution >= 4 is 52.3 Å². The first-order valence-electron chi connectivity index (χ1n) is 11.7. The molecule has 0 saturated carbocycles. The molecule has 0 fully saturated rings. The molecule has 8 heteroatoms. The summed E-state index contributed by atoms with van der Waals surface area (Å²) in [5, 5.41) is 8.78. The number of furan rings is 1. The second kappa shape index (κ2) is 9.29. The predicted octanol–water partition coefficient (Wildman–Crippen LogP) is 6.99. The second-order valence-corrected chi connectivity index (χ2v) is 10.6. The van der Waals surface area contributed by atoms with E-state index in [4.69, 9.17) is 14.1 Å². The number of benzene rings is 1. The maximum Gasteiger partial charge on any atom is 0.135 e. The maximum atomic E-state index is 6.09. The van der Waals surface area contributed by atoms with E-state index in [1.807, 2.05) is 48.8 Å². The Morgan fingerprint density at radius 3 is 2.84 bits per heavy atom. The Bertz CT molecular complexity index is 1830. The van der Waals surface area contributed by atoms with Gasteiger partial charge in [-0.05, 0) is 40.0 Å². The molecule has 1 aliphatic rings. The van der Waals surface area contributed by atoms with Crippen LogP contribution in [0.3, 0.4) is 0 Å². The highest BCUT2D eigenvalue weighted by molar-refractivity contribution is 14.2. The number of halogens is 1. The van der Waals surface area contributed by atoms with Crippen molar-refractivity contribution in [2.75, 3.05) is 0 Å². The highest BCUT2D eigenvalue weighted by Crippen LogP contribution is 2.34. The lowest BCUT2D eigenvalue weighted by molar-refractivity contribution is 0.220. The van der Waals surface area contributed by atoms with Crippen LogP contribution in [0.4, 0.5) is 0 Å². The number of hydrogen-bond acceptors (Lipinski definition) is 5. The second-order valence-electron chi connectivity index (χ2n) is 8.63. The zero-order chi connectivity index (χ0) is 24.6. The molecule has 2 N–H and O–H groups in total. The van der Waals surface area contributed by atoms with E-state index < -0.39 is 0 Å². The minimum absolute atomic E-state index is 0.260. The van der Waals surface area contributed by atoms with Gasteiger partial charge in [-0.25, -0.2) is 4.98 Å². The van der Waals surface area contributed by atoms with Crippen LogP contribution in [0.5, 0.6) is 0 Å². The summed E-state index contributed by atoms with van der Waals surface area (Å²) >= 11 is -0.260. The predicted molar refractivity (Wildman–Crippen MR) is 154 cm³/mol. The van der Waals surface area contributed by atoms with Gasteiger partial charge >= 0.3 is 0 Å². The van der Waals surface area contributed by atoms with Crippen molar-refractivity contribution in [1.82, 2.24) is 25.1 Å². The van der Waals surface area contributed by atoms with Gasteiger partial charge in [0.05, 0.1) is 41.1 Å². The highest BCUT2D eigenvalue weighted by atomic mass is 127. The number of pyridine rings is 2. The van der Waals surface area contributed by atoms with Gasteiger partial charge in [0.2, 0.25) is 0 Å². The van der Waals surface area contributed by atoms with Crippen molar-refractivity contribution in [2.45, 2.75) is 6.61 Å². The van der Waals surface area contributed by atoms with Gasteiger partial charge in [-0.15, -0.1) is 0 Å². The maximum absolute atomic E-state index is 6.09. The normalized spacial score (nSPS) is 13.4. The van der Waals surface area contributed by atoms with Gasteiger partial charge in [-0.1, -0.05) is 51.1 Å². The molecule has 0 aliphatic carbocycles. The van der Waals surface area contributed by atoms with E-state index in [9.17, 15) is 0 Å². The summed E-state index contributed by atoms with van der Waals surface area (Å²) in [6, 6.07) is 18.3. The van der Waals surface area contributed by atoms with Crippen LogP contribution in [0, 0.1) is 0 Å². The third-order valence-corrected chi connectivity index (χ3v) is 8.24. The minimum Gasteiger partial charge on any atom is -0.488 e. The number of H-pyrrole nitrogens is 2. The topological polar surface area (TPSA) is 92.6 Å². The van der Waals surface area contributed by atoms with E-state index in [0.29, 0.717) is 6.61 Å². The molecule has 1 aliphatic heterocycles. The number of fused-ring (bicyclic) bond motifs is 2. The van der Waals surface area contributed by atoms with E-state index in [1.54, 1.807) is 12.5 Å². The summed E-state index contributed by atoms with van der Waals surface area (Å²) in [5.74, 6) is 0.901. The molecule has 0 saturated heterocycles. The summed E-state index contributed by atoms with van der Waals surface area (Å²) in [4.78, 5) is 12.9. The average molecular weight is 597 g/mol. The highest BCUT2D eigenvalue weighted by Gasteiger charge is 2.16. The van der Waals surface area contributed by atoms with Crippen LogP contribution in [-0.4, -0.2) is 29.2 Å². The van der Waals surface area contributed by atoms with Gasteiger partial charge in [0.1, 0.15) is 23.6 Å². The number of rotatable bonds is 6. The number of ether oxygens (including phenoxy) is 1. The zero-order valence-corrected chi connectivity index (χ0v) is 21.6. The standard InChI is InChI=1S/C29H20IN5O2/c1-2-4-18(5-3-1)16-37-21-10-20(12-30-13-21)24-6-7-25-28(33-24)29(35-34-25)26-11-22-23(19-8-9-36-17-19)14-31-15-27(22)32-26/h1-15,17,32H,16H2,(H,34,35). The van der Waals surface area contributed by atoms with Crippen LogP contribution in [0.2, 0.25) is 0 Å². The molecule has 0 bridgehead atoms. The smallest absolute Gasteiger partial charge is 0.135 e. The molecule has 0 atom stereocenters. The Kier molecular flexibility index (Phi) is 5.51. The van der Waals surface area contributed by atoms with Crippen molar-refractivity contribution in [1.29, 1.82) is 0 Å². The minimum atomic E-state index is -0.260. The van der Waals surface area contributed by atoms with E-state index >= 15 is 0 Å². The quantitative estimate of drug-likeness (QED) is 0.202. The Balaban J connectivity index is 1.23. The van der Waals surface area contributed by atoms with Crippen molar-refractivity contribution < 1.29 is 9.15 Å². The summed E-state index contributed by atoms with van der Waals surface area (Å²) < 4.78 is 15.8. The van der Waals surface area contributed by atoms with Crippen molar-refractivity contribution in [3.63, 3.8) is 0 Å². The van der Waals surface area contributed by atoms with Crippen LogP contribution in [-0.2, 0) is 11.3 Å². The van der Waals surface area contributed by atoms with E-state index in [0.717, 1.165) is 67.0 Å². The van der Waals surface area contributed by atoms with E-state index in [2.05, 4.69) is 52.5 Å². The Morgan fingerprint density at radius 1 is 1.00 bits per heavy atom. The van der Waals surface area contributed by atoms with Crippen LogP contribution in [0.1, 0.15) is 11.3 Å². The Morgan fingerprint density at radius 2 is 1.95 bits per heavy atom. The first-order valence-corrected chi connectivity index (χ1v) is 14.2. The number of nitrogens with zero attached hydrogens (tertiary/aromatic N) is 3. The fourth-order valence-corrected chi connectivity index (χ4v) is 6.18. The molecule has 0 spiro atoms. The fourth-order valence-electron chi connectivity index (χ4n) is 4.40. The van der Waals surface area contributed by atoms with Gasteiger partial charge in [0.25, 0.3) is 0 Å². The molecular formula is C29H20IN5O2. The van der Waals surface area contributed by atoms with Crippen molar-refractivity contribution in [2.24, 2.45) is 0 Å². The zero-order valence-electron chi connectivity index (χ0n) is 19.5. The summed E-state index contributed by atoms with van der Waals surface area (Å²) in [6.07, 6.45) is 9.14. The number of aromatic nitrogens is 5. The largest absolute Gasteiger partial charge is 0.488 e. The Labute approximate surface area is 221 Å². The first-order chi connectivity index (χ1) is 18.3. The van der Waals surface area contributed by atoms with E-state index in [1.165, 1.54) is 0 Å². The lowest BCUT2D eigenvalue weighted by atomic mass is 10.1. The molecule has 37 heavy (non-hydrogen) atoms. The first kappa shape index (κ1) is 21.9. The molecule has 180 valence electrons. The molecule has 7 nitrogen and oxygen atoms in total. The number of allylic oxidation sites excluding steroid dienone is 3. The van der Waals surface area contributed by atoms with Crippen LogP contribution in [0.15, 0.2) is 99.9 Å². The number of hydrogen-bond donors (Lipinski definition) is 2. The van der Waals surface area contributed by atoms with Gasteiger partial charge < -0.3 is 14.1 Å². The molecule has 6 aromatic rings. The van der Waals surface area contributed by atoms with E-state index in [-0.39, 0.29) is 20.7 Å². The fraction of sp³-hybridized carbons (Fsp3) is 0.0345. The third-order valence-electron chi connectivity index (χ3n) is 6.23. The van der Waals surface area contributed by atoms with Gasteiger partial charge in [-0.3, -0.25) is 10.1 Å². The Hall–Kier alpha value is -4.31. The molecular weight excluding hydrogens is 577 g/mol. The number of nitrogens with one attached hydrogen (secondary N) is 2. The molecule has 0 unspecified atom stereocenters. The molecule has 6 heterocycles. The SMILES string of the molecule is C1=IC=C(c2ccc3[nH]nc(-c4cc5c(-c6ccoc6)cncc5[nH]4)c3n2)C=C1OCc1ccccc1. The average Bonchev–Trinajstić information content (AvgIpc) is 3.71. The lowest BCUT2D eigenvalue weighted by Gasteiger charge is -2.11. The lowest BCUT2D eigenvalue weighted by Crippen LogP contribution is -1.98. The number of aromatic amines is 2. The molecule has 5 aromatic heterocycles. The monoisotopic (exact) mass is 597 g/mol. The van der Waals surface area contributed by atoms with Crippen molar-refractivity contribution in [3.05, 3.63) is 107 Å². The summed E-state index contributed by atoms with van der Waals surface area (Å²) in [5.41, 5.74) is 9.40. The van der Waals surface area contributed by atoms with Gasteiger partial charge in [0.15, 0.2) is 0 Å². The third kappa shape index (κ3) is 4.19. The van der Waals surface area contributed by atoms with Crippen LogP contribution >= 0.6 is 20.7 Å². The molecule has 0 amide bonds. The molecule has 7 rings (SSSR count). The van der Waals surface area contributed by atoms with Crippen molar-refractivity contribution in [3.8, 4) is 22.5 Å². The van der Waals surface area contributed by atoms with Crippen LogP contribution in [0.25, 0.3) is 50.0 Å². The molecule has 1 aromatic carbocycles. The molecule has 0 radical (unpaired) electrons. The van der Waals surface area contributed by atoms with Gasteiger partial charge in [-0.2, -0.15) is 5.10 Å². The summed E-state index contributed by atoms with van der Waals surface area (Å²) in [6.45, 7) is 0.550. The summed E-state index contributed by atoms with van der Waals surface area (Å²) in [7, 11) is 0. The van der Waals surface area contributed by atoms with Crippen LogP contribution < -0.4 is 0 Å². The van der Waals surface area contributed by atoms with Gasteiger partial charge in [0, 0.05) is 32.3 Å².